The Labute approximate surface area is 156 Å². The van der Waals surface area contributed by atoms with Crippen molar-refractivity contribution in [2.75, 3.05) is 4.72 Å². The van der Waals surface area contributed by atoms with Gasteiger partial charge in [-0.2, -0.15) is 0 Å². The molecule has 0 unspecified atom stereocenters. The molecule has 1 N–H and O–H groups in total. The summed E-state index contributed by atoms with van der Waals surface area (Å²) in [5.74, 6) is 0. The van der Waals surface area contributed by atoms with E-state index in [4.69, 9.17) is 4.42 Å². The largest absolute Gasteiger partial charge is 0.421 e. The molecule has 132 valence electrons. The van der Waals surface area contributed by atoms with Crippen LogP contribution in [0.2, 0.25) is 0 Å². The first-order chi connectivity index (χ1) is 12.3. The molecule has 0 spiro atoms. The van der Waals surface area contributed by atoms with Gasteiger partial charge in [-0.1, -0.05) is 15.9 Å². The lowest BCUT2D eigenvalue weighted by Crippen LogP contribution is -2.13. The first-order valence-corrected chi connectivity index (χ1v) is 9.79. The molecule has 0 radical (unpaired) electrons. The molecule has 0 atom stereocenters. The van der Waals surface area contributed by atoms with E-state index in [1.54, 1.807) is 35.9 Å². The average Bonchev–Trinajstić information content (AvgIpc) is 2.99. The molecule has 0 saturated carbocycles. The minimum Gasteiger partial charge on any atom is -0.421 e. The van der Waals surface area contributed by atoms with Crippen LogP contribution in [0.1, 0.15) is 0 Å². The normalized spacial score (nSPS) is 11.9. The summed E-state index contributed by atoms with van der Waals surface area (Å²) in [5.41, 5.74) is 0.872. The standard InChI is InChI=1S/C17H12BrN3O4S/c1-21-9-19-15-16(21)13-8-12(6-7-14(13)25-17(15)22)26(23,24)20-11-4-2-10(18)3-5-11/h2-9,20H,1H3. The molecule has 0 aliphatic carbocycles. The zero-order chi connectivity index (χ0) is 18.5. The van der Waals surface area contributed by atoms with E-state index in [1.165, 1.54) is 24.5 Å². The van der Waals surface area contributed by atoms with Crippen LogP contribution >= 0.6 is 15.9 Å². The summed E-state index contributed by atoms with van der Waals surface area (Å²) in [6.07, 6.45) is 1.49. The number of sulfonamides is 1. The minimum atomic E-state index is -3.81. The van der Waals surface area contributed by atoms with Gasteiger partial charge < -0.3 is 8.98 Å². The zero-order valence-corrected chi connectivity index (χ0v) is 15.8. The predicted molar refractivity (Wildman–Crippen MR) is 102 cm³/mol. The Morgan fingerprint density at radius 3 is 2.62 bits per heavy atom. The van der Waals surface area contributed by atoms with Crippen LogP contribution in [0.5, 0.6) is 0 Å². The Morgan fingerprint density at radius 1 is 1.15 bits per heavy atom. The maximum absolute atomic E-state index is 12.7. The van der Waals surface area contributed by atoms with E-state index in [-0.39, 0.29) is 10.4 Å². The number of anilines is 1. The smallest absolute Gasteiger partial charge is 0.364 e. The molecule has 7 nitrogen and oxygen atoms in total. The highest BCUT2D eigenvalue weighted by Crippen LogP contribution is 2.26. The molecule has 2 heterocycles. The van der Waals surface area contributed by atoms with Gasteiger partial charge in [0.05, 0.1) is 16.7 Å². The number of nitrogens with one attached hydrogen (secondary N) is 1. The lowest BCUT2D eigenvalue weighted by Gasteiger charge is -2.09. The zero-order valence-electron chi connectivity index (χ0n) is 13.4. The molecule has 0 amide bonds. The maximum atomic E-state index is 12.7. The molecule has 0 saturated heterocycles. The number of hydrogen-bond acceptors (Lipinski definition) is 5. The number of hydrogen-bond donors (Lipinski definition) is 1. The predicted octanol–water partition coefficient (Wildman–Crippen LogP) is 3.24. The Morgan fingerprint density at radius 2 is 1.88 bits per heavy atom. The van der Waals surface area contributed by atoms with E-state index < -0.39 is 15.6 Å². The lowest BCUT2D eigenvalue weighted by atomic mass is 10.2. The lowest BCUT2D eigenvalue weighted by molar-refractivity contribution is 0.567. The van der Waals surface area contributed by atoms with E-state index in [9.17, 15) is 13.2 Å². The molecule has 9 heteroatoms. The molecule has 2 aromatic heterocycles. The second-order valence-electron chi connectivity index (χ2n) is 5.71. The third-order valence-corrected chi connectivity index (χ3v) is 5.85. The van der Waals surface area contributed by atoms with Crippen molar-refractivity contribution in [1.29, 1.82) is 0 Å². The number of nitrogens with zero attached hydrogens (tertiary/aromatic N) is 2. The number of imidazole rings is 1. The number of rotatable bonds is 3. The van der Waals surface area contributed by atoms with Gasteiger partial charge in [0.25, 0.3) is 10.0 Å². The van der Waals surface area contributed by atoms with Gasteiger partial charge in [-0.05, 0) is 42.5 Å². The van der Waals surface area contributed by atoms with Crippen molar-refractivity contribution in [2.24, 2.45) is 7.05 Å². The highest BCUT2D eigenvalue weighted by atomic mass is 79.9. The number of halogens is 1. The van der Waals surface area contributed by atoms with E-state index in [1.807, 2.05) is 0 Å². The highest BCUT2D eigenvalue weighted by Gasteiger charge is 2.18. The third-order valence-electron chi connectivity index (χ3n) is 3.95. The molecule has 4 aromatic rings. The summed E-state index contributed by atoms with van der Waals surface area (Å²) in [6.45, 7) is 0. The van der Waals surface area contributed by atoms with Crippen molar-refractivity contribution in [3.05, 3.63) is 63.7 Å². The van der Waals surface area contributed by atoms with Gasteiger partial charge in [0.2, 0.25) is 0 Å². The fourth-order valence-electron chi connectivity index (χ4n) is 2.73. The first-order valence-electron chi connectivity index (χ1n) is 7.51. The van der Waals surface area contributed by atoms with Gasteiger partial charge in [0, 0.05) is 22.6 Å². The van der Waals surface area contributed by atoms with E-state index >= 15 is 0 Å². The van der Waals surface area contributed by atoms with Crippen LogP contribution in [0.25, 0.3) is 22.0 Å². The van der Waals surface area contributed by atoms with E-state index in [0.29, 0.717) is 22.2 Å². The molecule has 26 heavy (non-hydrogen) atoms. The fraction of sp³-hybridized carbons (Fsp3) is 0.0588. The van der Waals surface area contributed by atoms with Crippen LogP contribution in [-0.2, 0) is 17.1 Å². The monoisotopic (exact) mass is 433 g/mol. The van der Waals surface area contributed by atoms with Crippen LogP contribution in [0, 0.1) is 0 Å². The van der Waals surface area contributed by atoms with Crippen molar-refractivity contribution < 1.29 is 12.8 Å². The van der Waals surface area contributed by atoms with Gasteiger partial charge in [-0.15, -0.1) is 0 Å². The molecule has 4 rings (SSSR count). The minimum absolute atomic E-state index is 0.0595. The molecule has 0 bridgehead atoms. The molecule has 0 aliphatic rings. The number of benzene rings is 2. The molecule has 2 aromatic carbocycles. The van der Waals surface area contributed by atoms with Crippen molar-refractivity contribution in [1.82, 2.24) is 9.55 Å². The summed E-state index contributed by atoms with van der Waals surface area (Å²) < 4.78 is 35.7. The van der Waals surface area contributed by atoms with E-state index in [0.717, 1.165) is 4.47 Å². The van der Waals surface area contributed by atoms with Crippen LogP contribution in [-0.4, -0.2) is 18.0 Å². The topological polar surface area (TPSA) is 94.2 Å². The fourth-order valence-corrected chi connectivity index (χ4v) is 4.08. The third kappa shape index (κ3) is 2.78. The highest BCUT2D eigenvalue weighted by molar-refractivity contribution is 9.10. The Bertz CT molecular complexity index is 1310. The quantitative estimate of drug-likeness (QED) is 0.500. The number of aryl methyl sites for hydroxylation is 1. The first kappa shape index (κ1) is 16.8. The maximum Gasteiger partial charge on any atom is 0.364 e. The Kier molecular flexibility index (Phi) is 3.85. The van der Waals surface area contributed by atoms with E-state index in [2.05, 4.69) is 25.6 Å². The molecular weight excluding hydrogens is 422 g/mol. The summed E-state index contributed by atoms with van der Waals surface area (Å²) in [5, 5.41) is 0.498. The van der Waals surface area contributed by atoms with Crippen LogP contribution in [0.3, 0.4) is 0 Å². The Hall–Kier alpha value is -2.65. The number of fused-ring (bicyclic) bond motifs is 3. The summed E-state index contributed by atoms with van der Waals surface area (Å²) >= 11 is 3.31. The van der Waals surface area contributed by atoms with Gasteiger partial charge in [-0.25, -0.2) is 18.2 Å². The summed E-state index contributed by atoms with van der Waals surface area (Å²) in [6, 6.07) is 11.1. The summed E-state index contributed by atoms with van der Waals surface area (Å²) in [7, 11) is -2.08. The van der Waals surface area contributed by atoms with Crippen molar-refractivity contribution >= 4 is 53.6 Å². The summed E-state index contributed by atoms with van der Waals surface area (Å²) in [4.78, 5) is 16.1. The molecule has 0 aliphatic heterocycles. The van der Waals surface area contributed by atoms with Gasteiger partial charge in [0.15, 0.2) is 5.52 Å². The van der Waals surface area contributed by atoms with Gasteiger partial charge in [0.1, 0.15) is 5.58 Å². The second kappa shape index (κ2) is 5.96. The van der Waals surface area contributed by atoms with Crippen LogP contribution in [0.15, 0.2) is 67.4 Å². The Balaban J connectivity index is 1.87. The molecular formula is C17H12BrN3O4S. The van der Waals surface area contributed by atoms with Crippen molar-refractivity contribution in [2.45, 2.75) is 4.90 Å². The SMILES string of the molecule is Cn1cnc2c(=O)oc3ccc(S(=O)(=O)Nc4ccc(Br)cc4)cc3c21. The van der Waals surface area contributed by atoms with Gasteiger partial charge in [-0.3, -0.25) is 4.72 Å². The van der Waals surface area contributed by atoms with Crippen LogP contribution in [0.4, 0.5) is 5.69 Å². The van der Waals surface area contributed by atoms with Gasteiger partial charge >= 0.3 is 5.63 Å². The van der Waals surface area contributed by atoms with Crippen LogP contribution < -0.4 is 10.3 Å². The second-order valence-corrected chi connectivity index (χ2v) is 8.31. The number of aromatic nitrogens is 2. The van der Waals surface area contributed by atoms with Crippen molar-refractivity contribution in [3.63, 3.8) is 0 Å². The average molecular weight is 434 g/mol. The van der Waals surface area contributed by atoms with Crippen molar-refractivity contribution in [3.8, 4) is 0 Å². The molecule has 0 fully saturated rings.